The molecular weight excluding hydrogens is 282 g/mol. The maximum atomic E-state index is 11.6. The van der Waals surface area contributed by atoms with Crippen LogP contribution in [-0.2, 0) is 4.74 Å². The number of nitrogens with two attached hydrogens (primary N) is 2. The number of halogens is 1. The number of ether oxygens (including phenoxy) is 1. The van der Waals surface area contributed by atoms with E-state index in [1.807, 2.05) is 11.8 Å². The molecule has 20 heavy (non-hydrogen) atoms. The van der Waals surface area contributed by atoms with Crippen molar-refractivity contribution in [3.63, 3.8) is 0 Å². The van der Waals surface area contributed by atoms with Crippen LogP contribution in [0.1, 0.15) is 17.3 Å². The number of aliphatic hydroxyl groups is 1. The standard InChI is InChI=1S/C13H18ClN3O3/c1-7-4-17(5-9(6-18)20-7)12-10(13(16)19)2-8(15)3-11(12)14/h2-3,7,9,18H,4-6,15H2,1H3,(H2,16,19). The lowest BCUT2D eigenvalue weighted by molar-refractivity contribution is -0.0421. The minimum atomic E-state index is -0.589. The Balaban J connectivity index is 2.43. The van der Waals surface area contributed by atoms with Crippen LogP contribution in [0.25, 0.3) is 0 Å². The van der Waals surface area contributed by atoms with Crippen molar-refractivity contribution in [2.45, 2.75) is 19.1 Å². The number of nitrogens with zero attached hydrogens (tertiary/aromatic N) is 1. The average molecular weight is 300 g/mol. The number of hydrogen-bond acceptors (Lipinski definition) is 5. The quantitative estimate of drug-likeness (QED) is 0.710. The number of primary amides is 1. The molecule has 110 valence electrons. The monoisotopic (exact) mass is 299 g/mol. The van der Waals surface area contributed by atoms with Crippen LogP contribution in [0.4, 0.5) is 11.4 Å². The molecular formula is C13H18ClN3O3. The van der Waals surface area contributed by atoms with Crippen molar-refractivity contribution in [3.05, 3.63) is 22.7 Å². The second-order valence-electron chi connectivity index (χ2n) is 4.92. The summed E-state index contributed by atoms with van der Waals surface area (Å²) in [7, 11) is 0. The molecule has 1 saturated heterocycles. The number of nitrogen functional groups attached to an aromatic ring is 1. The lowest BCUT2D eigenvalue weighted by Crippen LogP contribution is -2.48. The Kier molecular flexibility index (Phi) is 4.37. The first-order valence-corrected chi connectivity index (χ1v) is 6.70. The Morgan fingerprint density at radius 2 is 2.25 bits per heavy atom. The molecule has 0 radical (unpaired) electrons. The van der Waals surface area contributed by atoms with E-state index in [-0.39, 0.29) is 24.4 Å². The third-order valence-corrected chi connectivity index (χ3v) is 3.49. The molecule has 0 saturated carbocycles. The van der Waals surface area contributed by atoms with Crippen molar-refractivity contribution in [1.82, 2.24) is 0 Å². The van der Waals surface area contributed by atoms with Gasteiger partial charge in [0.2, 0.25) is 0 Å². The van der Waals surface area contributed by atoms with E-state index in [4.69, 9.17) is 27.8 Å². The molecule has 1 aliphatic rings. The van der Waals surface area contributed by atoms with Crippen LogP contribution in [0.5, 0.6) is 0 Å². The summed E-state index contributed by atoms with van der Waals surface area (Å²) in [6, 6.07) is 3.09. The number of hydrogen-bond donors (Lipinski definition) is 3. The summed E-state index contributed by atoms with van der Waals surface area (Å²) in [6.07, 6.45) is -0.414. The molecule has 1 amide bonds. The third kappa shape index (κ3) is 2.98. The number of benzene rings is 1. The average Bonchev–Trinajstić information content (AvgIpc) is 2.36. The number of morpholine rings is 1. The van der Waals surface area contributed by atoms with Crippen molar-refractivity contribution in [2.75, 3.05) is 30.3 Å². The first-order valence-electron chi connectivity index (χ1n) is 6.32. The zero-order valence-electron chi connectivity index (χ0n) is 11.2. The molecule has 5 N–H and O–H groups in total. The molecule has 1 aromatic carbocycles. The number of aliphatic hydroxyl groups excluding tert-OH is 1. The van der Waals surface area contributed by atoms with E-state index in [1.54, 1.807) is 6.07 Å². The van der Waals surface area contributed by atoms with Gasteiger partial charge in [-0.05, 0) is 19.1 Å². The molecule has 2 unspecified atom stereocenters. The van der Waals surface area contributed by atoms with Gasteiger partial charge in [-0.15, -0.1) is 0 Å². The predicted molar refractivity (Wildman–Crippen MR) is 78.0 cm³/mol. The fourth-order valence-electron chi connectivity index (χ4n) is 2.46. The molecule has 1 fully saturated rings. The molecule has 2 atom stereocenters. The van der Waals surface area contributed by atoms with E-state index in [1.165, 1.54) is 6.07 Å². The van der Waals surface area contributed by atoms with Crippen LogP contribution in [0.15, 0.2) is 12.1 Å². The molecule has 7 heteroatoms. The SMILES string of the molecule is CC1CN(c2c(Cl)cc(N)cc2C(N)=O)CC(CO)O1. The molecule has 1 heterocycles. The Hall–Kier alpha value is -1.50. The van der Waals surface area contributed by atoms with E-state index < -0.39 is 5.91 Å². The van der Waals surface area contributed by atoms with Crippen LogP contribution in [0, 0.1) is 0 Å². The van der Waals surface area contributed by atoms with Crippen molar-refractivity contribution in [1.29, 1.82) is 0 Å². The molecule has 1 aliphatic heterocycles. The zero-order valence-corrected chi connectivity index (χ0v) is 11.9. The number of rotatable bonds is 3. The minimum Gasteiger partial charge on any atom is -0.399 e. The van der Waals surface area contributed by atoms with Crippen molar-refractivity contribution < 1.29 is 14.6 Å². The molecule has 0 aromatic heterocycles. The summed E-state index contributed by atoms with van der Waals surface area (Å²) >= 11 is 6.22. The van der Waals surface area contributed by atoms with Crippen LogP contribution < -0.4 is 16.4 Å². The fourth-order valence-corrected chi connectivity index (χ4v) is 2.81. The summed E-state index contributed by atoms with van der Waals surface area (Å²) in [4.78, 5) is 13.5. The van der Waals surface area contributed by atoms with Gasteiger partial charge in [0.15, 0.2) is 0 Å². The van der Waals surface area contributed by atoms with Gasteiger partial charge in [0, 0.05) is 18.8 Å². The van der Waals surface area contributed by atoms with E-state index in [9.17, 15) is 9.90 Å². The van der Waals surface area contributed by atoms with Gasteiger partial charge < -0.3 is 26.2 Å². The summed E-state index contributed by atoms with van der Waals surface area (Å²) < 4.78 is 5.58. The van der Waals surface area contributed by atoms with E-state index in [2.05, 4.69) is 0 Å². The second kappa shape index (κ2) is 5.87. The highest BCUT2D eigenvalue weighted by atomic mass is 35.5. The lowest BCUT2D eigenvalue weighted by atomic mass is 10.1. The van der Waals surface area contributed by atoms with Crippen molar-refractivity contribution in [3.8, 4) is 0 Å². The number of carbonyl (C=O) groups is 1. The highest BCUT2D eigenvalue weighted by molar-refractivity contribution is 6.34. The maximum Gasteiger partial charge on any atom is 0.250 e. The van der Waals surface area contributed by atoms with Gasteiger partial charge >= 0.3 is 0 Å². The minimum absolute atomic E-state index is 0.0877. The Labute approximate surface area is 122 Å². The predicted octanol–water partition coefficient (Wildman–Crippen LogP) is 0.607. The lowest BCUT2D eigenvalue weighted by Gasteiger charge is -2.38. The van der Waals surface area contributed by atoms with Crippen LogP contribution in [-0.4, -0.2) is 42.9 Å². The summed E-state index contributed by atoms with van der Waals surface area (Å²) in [5, 5.41) is 9.63. The third-order valence-electron chi connectivity index (χ3n) is 3.20. The number of carbonyl (C=O) groups excluding carboxylic acids is 1. The van der Waals surface area contributed by atoms with Gasteiger partial charge in [0.05, 0.1) is 35.1 Å². The molecule has 2 rings (SSSR count). The normalized spacial score (nSPS) is 22.9. The number of anilines is 2. The van der Waals surface area contributed by atoms with Gasteiger partial charge in [-0.25, -0.2) is 0 Å². The van der Waals surface area contributed by atoms with E-state index in [0.717, 1.165) is 0 Å². The van der Waals surface area contributed by atoms with Gasteiger partial charge in [-0.1, -0.05) is 11.6 Å². The fraction of sp³-hybridized carbons (Fsp3) is 0.462. The largest absolute Gasteiger partial charge is 0.399 e. The summed E-state index contributed by atoms with van der Waals surface area (Å²) in [5.41, 5.74) is 12.3. The van der Waals surface area contributed by atoms with Gasteiger partial charge in [0.25, 0.3) is 5.91 Å². The number of amides is 1. The van der Waals surface area contributed by atoms with E-state index in [0.29, 0.717) is 29.5 Å². The highest BCUT2D eigenvalue weighted by Crippen LogP contribution is 2.34. The second-order valence-corrected chi connectivity index (χ2v) is 5.33. The van der Waals surface area contributed by atoms with Crippen LogP contribution >= 0.6 is 11.6 Å². The molecule has 1 aromatic rings. The molecule has 0 spiro atoms. The topological polar surface area (TPSA) is 102 Å². The Morgan fingerprint density at radius 3 is 2.85 bits per heavy atom. The molecule has 0 bridgehead atoms. The Bertz CT molecular complexity index is 524. The first-order chi connectivity index (χ1) is 9.42. The van der Waals surface area contributed by atoms with Crippen molar-refractivity contribution >= 4 is 28.9 Å². The zero-order chi connectivity index (χ0) is 14.9. The van der Waals surface area contributed by atoms with Gasteiger partial charge in [-0.2, -0.15) is 0 Å². The first kappa shape index (κ1) is 14.9. The van der Waals surface area contributed by atoms with Crippen LogP contribution in [0.2, 0.25) is 5.02 Å². The summed E-state index contributed by atoms with van der Waals surface area (Å²) in [6.45, 7) is 2.79. The van der Waals surface area contributed by atoms with E-state index >= 15 is 0 Å². The molecule has 6 nitrogen and oxygen atoms in total. The van der Waals surface area contributed by atoms with Crippen molar-refractivity contribution in [2.24, 2.45) is 5.73 Å². The van der Waals surface area contributed by atoms with Gasteiger partial charge in [0.1, 0.15) is 0 Å². The highest BCUT2D eigenvalue weighted by Gasteiger charge is 2.28. The van der Waals surface area contributed by atoms with Gasteiger partial charge in [-0.3, -0.25) is 4.79 Å². The molecule has 0 aliphatic carbocycles. The smallest absolute Gasteiger partial charge is 0.250 e. The Morgan fingerprint density at radius 1 is 1.55 bits per heavy atom. The summed E-state index contributed by atoms with van der Waals surface area (Å²) in [5.74, 6) is -0.589. The maximum absolute atomic E-state index is 11.6. The van der Waals surface area contributed by atoms with Crippen LogP contribution in [0.3, 0.4) is 0 Å².